The van der Waals surface area contributed by atoms with E-state index in [2.05, 4.69) is 37.3 Å². The molecule has 2 aromatic carbocycles. The van der Waals surface area contributed by atoms with Gasteiger partial charge in [-0.2, -0.15) is 0 Å². The molecule has 1 aliphatic rings. The van der Waals surface area contributed by atoms with Gasteiger partial charge in [-0.1, -0.05) is 65.9 Å². The molecular weight excluding hydrogens is 402 g/mol. The maximum atomic E-state index is 12.6. The lowest BCUT2D eigenvalue weighted by molar-refractivity contribution is -0.126. The van der Waals surface area contributed by atoms with Crippen LogP contribution in [0.5, 0.6) is 0 Å². The van der Waals surface area contributed by atoms with Gasteiger partial charge in [-0.25, -0.2) is 14.6 Å². The zero-order valence-electron chi connectivity index (χ0n) is 17.6. The average molecular weight is 425 g/mol. The average Bonchev–Trinajstić information content (AvgIpc) is 3.27. The second-order valence-electron chi connectivity index (χ2n) is 7.66. The molecule has 1 amide bonds. The monoisotopic (exact) mass is 425 g/mol. The number of hydrogen-bond donors (Lipinski definition) is 0. The highest BCUT2D eigenvalue weighted by Gasteiger charge is 2.23. The van der Waals surface area contributed by atoms with E-state index in [9.17, 15) is 4.79 Å². The van der Waals surface area contributed by atoms with Crippen LogP contribution in [0.4, 0.5) is 5.82 Å². The molecule has 160 valence electrons. The van der Waals surface area contributed by atoms with Crippen molar-refractivity contribution in [3.8, 4) is 0 Å². The highest BCUT2D eigenvalue weighted by Crippen LogP contribution is 2.22. The first-order valence-corrected chi connectivity index (χ1v) is 10.6. The summed E-state index contributed by atoms with van der Waals surface area (Å²) in [6.07, 6.45) is 5.05. The van der Waals surface area contributed by atoms with Crippen LogP contribution in [0.15, 0.2) is 73.1 Å². The SMILES string of the molecule is O=C(/C=C\c1ccccc1)N1CCN(c2ncnc3c2nnn3Cc2ccccc2)CC1. The van der Waals surface area contributed by atoms with Crippen LogP contribution < -0.4 is 4.90 Å². The number of piperazine rings is 1. The Balaban J connectivity index is 1.27. The number of hydrogen-bond acceptors (Lipinski definition) is 6. The standard InChI is InChI=1S/C24H23N7O/c32-21(12-11-19-7-3-1-4-8-19)29-13-15-30(16-14-29)23-22-24(26-18-25-23)31(28-27-22)17-20-9-5-2-6-10-20/h1-12,18H,13-17H2/b12-11-. The highest BCUT2D eigenvalue weighted by molar-refractivity contribution is 5.92. The normalized spacial score (nSPS) is 14.4. The minimum Gasteiger partial charge on any atom is -0.351 e. The van der Waals surface area contributed by atoms with Crippen LogP contribution in [0.3, 0.4) is 0 Å². The molecule has 0 unspecified atom stereocenters. The Morgan fingerprint density at radius 2 is 1.62 bits per heavy atom. The Morgan fingerprint density at radius 1 is 0.906 bits per heavy atom. The summed E-state index contributed by atoms with van der Waals surface area (Å²) in [5.41, 5.74) is 3.55. The van der Waals surface area contributed by atoms with Crippen molar-refractivity contribution in [2.75, 3.05) is 31.1 Å². The molecule has 8 nitrogen and oxygen atoms in total. The second kappa shape index (κ2) is 8.97. The largest absolute Gasteiger partial charge is 0.351 e. The van der Waals surface area contributed by atoms with Crippen LogP contribution in [0.25, 0.3) is 17.2 Å². The van der Waals surface area contributed by atoms with E-state index in [1.54, 1.807) is 17.1 Å². The summed E-state index contributed by atoms with van der Waals surface area (Å²) in [5.74, 6) is 0.788. The van der Waals surface area contributed by atoms with Gasteiger partial charge in [-0.05, 0) is 17.2 Å². The van der Waals surface area contributed by atoms with Crippen LogP contribution in [0.2, 0.25) is 0 Å². The van der Waals surface area contributed by atoms with Crippen molar-refractivity contribution in [1.82, 2.24) is 29.9 Å². The number of benzene rings is 2. The molecule has 8 heteroatoms. The van der Waals surface area contributed by atoms with E-state index in [0.29, 0.717) is 43.9 Å². The second-order valence-corrected chi connectivity index (χ2v) is 7.66. The van der Waals surface area contributed by atoms with E-state index >= 15 is 0 Å². The minimum atomic E-state index is 0.0233. The van der Waals surface area contributed by atoms with E-state index in [4.69, 9.17) is 0 Å². The number of rotatable bonds is 5. The van der Waals surface area contributed by atoms with E-state index in [1.165, 1.54) is 0 Å². The van der Waals surface area contributed by atoms with Crippen LogP contribution in [0.1, 0.15) is 11.1 Å². The molecule has 0 radical (unpaired) electrons. The summed E-state index contributed by atoms with van der Waals surface area (Å²) < 4.78 is 1.80. The Labute approximate surface area is 185 Å². The van der Waals surface area contributed by atoms with Gasteiger partial charge in [0, 0.05) is 32.3 Å². The third-order valence-electron chi connectivity index (χ3n) is 5.56. The Bertz CT molecular complexity index is 1230. The highest BCUT2D eigenvalue weighted by atomic mass is 16.2. The molecule has 5 rings (SSSR count). The Hall–Kier alpha value is -4.07. The number of amides is 1. The van der Waals surface area contributed by atoms with Crippen LogP contribution >= 0.6 is 0 Å². The summed E-state index contributed by atoms with van der Waals surface area (Å²) in [4.78, 5) is 25.5. The molecule has 2 aromatic heterocycles. The van der Waals surface area contributed by atoms with Crippen molar-refractivity contribution in [2.24, 2.45) is 0 Å². The summed E-state index contributed by atoms with van der Waals surface area (Å²) >= 11 is 0. The molecule has 0 N–H and O–H groups in total. The van der Waals surface area contributed by atoms with Gasteiger partial charge >= 0.3 is 0 Å². The lowest BCUT2D eigenvalue weighted by Gasteiger charge is -2.34. The maximum absolute atomic E-state index is 12.6. The fourth-order valence-electron chi connectivity index (χ4n) is 3.85. The first kappa shape index (κ1) is 19.9. The van der Waals surface area contributed by atoms with Crippen LogP contribution in [-0.4, -0.2) is 61.9 Å². The van der Waals surface area contributed by atoms with Crippen molar-refractivity contribution in [3.05, 3.63) is 84.2 Å². The van der Waals surface area contributed by atoms with Gasteiger partial charge < -0.3 is 9.80 Å². The molecule has 3 heterocycles. The van der Waals surface area contributed by atoms with Gasteiger partial charge in [-0.3, -0.25) is 4.79 Å². The van der Waals surface area contributed by atoms with Gasteiger partial charge in [0.05, 0.1) is 6.54 Å². The van der Waals surface area contributed by atoms with Gasteiger partial charge in [-0.15, -0.1) is 5.10 Å². The summed E-state index contributed by atoms with van der Waals surface area (Å²) in [6, 6.07) is 19.9. The number of nitrogens with zero attached hydrogens (tertiary/aromatic N) is 7. The molecule has 4 aromatic rings. The zero-order chi connectivity index (χ0) is 21.8. The van der Waals surface area contributed by atoms with Gasteiger partial charge in [0.15, 0.2) is 17.0 Å². The molecule has 1 fully saturated rings. The topological polar surface area (TPSA) is 80.0 Å². The summed E-state index contributed by atoms with van der Waals surface area (Å²) in [5, 5.41) is 8.67. The molecule has 0 saturated carbocycles. The lowest BCUT2D eigenvalue weighted by Crippen LogP contribution is -2.48. The molecule has 32 heavy (non-hydrogen) atoms. The number of carbonyl (C=O) groups is 1. The minimum absolute atomic E-state index is 0.0233. The van der Waals surface area contributed by atoms with Crippen molar-refractivity contribution in [2.45, 2.75) is 6.54 Å². The van der Waals surface area contributed by atoms with E-state index < -0.39 is 0 Å². The Morgan fingerprint density at radius 3 is 2.38 bits per heavy atom. The lowest BCUT2D eigenvalue weighted by atomic mass is 10.2. The van der Waals surface area contributed by atoms with Crippen LogP contribution in [0, 0.1) is 0 Å². The molecular formula is C24H23N7O. The number of fused-ring (bicyclic) bond motifs is 1. The van der Waals surface area contributed by atoms with E-state index in [-0.39, 0.29) is 5.91 Å². The number of anilines is 1. The quantitative estimate of drug-likeness (QED) is 0.458. The van der Waals surface area contributed by atoms with Crippen LogP contribution in [-0.2, 0) is 11.3 Å². The first-order chi connectivity index (χ1) is 15.8. The smallest absolute Gasteiger partial charge is 0.246 e. The fraction of sp³-hybridized carbons (Fsp3) is 0.208. The maximum Gasteiger partial charge on any atom is 0.246 e. The molecule has 0 aliphatic carbocycles. The predicted molar refractivity (Wildman–Crippen MR) is 123 cm³/mol. The van der Waals surface area contributed by atoms with Gasteiger partial charge in [0.1, 0.15) is 6.33 Å². The molecule has 0 atom stereocenters. The first-order valence-electron chi connectivity index (χ1n) is 10.6. The zero-order valence-corrected chi connectivity index (χ0v) is 17.6. The van der Waals surface area contributed by atoms with Crippen molar-refractivity contribution in [1.29, 1.82) is 0 Å². The van der Waals surface area contributed by atoms with Gasteiger partial charge in [0.25, 0.3) is 0 Å². The van der Waals surface area contributed by atoms with Crippen molar-refractivity contribution < 1.29 is 4.79 Å². The van der Waals surface area contributed by atoms with E-state index in [0.717, 1.165) is 16.9 Å². The van der Waals surface area contributed by atoms with E-state index in [1.807, 2.05) is 59.5 Å². The molecule has 0 bridgehead atoms. The van der Waals surface area contributed by atoms with Crippen molar-refractivity contribution in [3.63, 3.8) is 0 Å². The van der Waals surface area contributed by atoms with Crippen molar-refractivity contribution >= 4 is 29.0 Å². The summed E-state index contributed by atoms with van der Waals surface area (Å²) in [6.45, 7) is 3.22. The Kier molecular flexibility index (Phi) is 5.57. The summed E-state index contributed by atoms with van der Waals surface area (Å²) in [7, 11) is 0. The molecule has 1 saturated heterocycles. The number of aromatic nitrogens is 5. The van der Waals surface area contributed by atoms with Gasteiger partial charge in [0.2, 0.25) is 5.91 Å². The fourth-order valence-corrected chi connectivity index (χ4v) is 3.85. The molecule has 1 aliphatic heterocycles. The third kappa shape index (κ3) is 4.20. The molecule has 0 spiro atoms. The third-order valence-corrected chi connectivity index (χ3v) is 5.56. The predicted octanol–water partition coefficient (Wildman–Crippen LogP) is 2.63. The number of carbonyl (C=O) groups excluding carboxylic acids is 1.